The summed E-state index contributed by atoms with van der Waals surface area (Å²) >= 11 is 0. The summed E-state index contributed by atoms with van der Waals surface area (Å²) in [5.41, 5.74) is 13.4. The van der Waals surface area contributed by atoms with E-state index in [2.05, 4.69) is 25.5 Å². The van der Waals surface area contributed by atoms with Gasteiger partial charge in [0.25, 0.3) is 10.0 Å². The number of benzene rings is 1. The van der Waals surface area contributed by atoms with E-state index in [0.29, 0.717) is 18.3 Å². The lowest BCUT2D eigenvalue weighted by Crippen LogP contribution is -2.45. The van der Waals surface area contributed by atoms with Gasteiger partial charge in [0.1, 0.15) is 24.0 Å². The van der Waals surface area contributed by atoms with Crippen LogP contribution in [-0.2, 0) is 16.4 Å². The van der Waals surface area contributed by atoms with Crippen molar-refractivity contribution in [3.8, 4) is 5.75 Å². The molecule has 0 bridgehead atoms. The highest BCUT2D eigenvalue weighted by Crippen LogP contribution is 2.36. The van der Waals surface area contributed by atoms with Crippen molar-refractivity contribution in [1.29, 1.82) is 0 Å². The van der Waals surface area contributed by atoms with Crippen LogP contribution >= 0.6 is 0 Å². The standard InChI is InChI=1S/C21H30N6O3S/c1-2-14-11-15(31(28,29)27-20-9-10-23-13-24-20)7-8-18(14)30-19-6-4-3-5-16(19)17-12-25-26-21(17)22/h7-11,13,16-17,19,21,25-26H,2-6,12,22H2,1H3,(H,23,24,27)/t16-,17?,19+,21?/m1/s1. The molecule has 1 aromatic carbocycles. The van der Waals surface area contributed by atoms with Gasteiger partial charge in [-0.3, -0.25) is 10.1 Å². The van der Waals surface area contributed by atoms with Crippen molar-refractivity contribution < 1.29 is 13.2 Å². The zero-order valence-corrected chi connectivity index (χ0v) is 18.4. The lowest BCUT2D eigenvalue weighted by molar-refractivity contribution is 0.0554. The number of nitrogens with zero attached hydrogens (tertiary/aromatic N) is 2. The van der Waals surface area contributed by atoms with Gasteiger partial charge in [-0.25, -0.2) is 23.8 Å². The first-order chi connectivity index (χ1) is 15.0. The smallest absolute Gasteiger partial charge is 0.263 e. The second kappa shape index (κ2) is 9.47. The van der Waals surface area contributed by atoms with E-state index in [1.165, 1.54) is 25.0 Å². The summed E-state index contributed by atoms with van der Waals surface area (Å²) in [4.78, 5) is 7.92. The summed E-state index contributed by atoms with van der Waals surface area (Å²) in [5, 5.41) is 0. The van der Waals surface area contributed by atoms with Crippen molar-refractivity contribution in [2.75, 3.05) is 11.3 Å². The third kappa shape index (κ3) is 4.98. The Hall–Kier alpha value is -2.27. The highest BCUT2D eigenvalue weighted by Gasteiger charge is 2.38. The number of hydrogen-bond donors (Lipinski definition) is 4. The molecule has 0 radical (unpaired) electrons. The van der Waals surface area contributed by atoms with Crippen LogP contribution in [0, 0.1) is 11.8 Å². The molecular formula is C21H30N6O3S. The van der Waals surface area contributed by atoms with Gasteiger partial charge in [0.05, 0.1) is 11.1 Å². The van der Waals surface area contributed by atoms with E-state index in [1.54, 1.807) is 18.2 Å². The molecule has 4 atom stereocenters. The molecule has 9 nitrogen and oxygen atoms in total. The van der Waals surface area contributed by atoms with E-state index in [-0.39, 0.29) is 23.0 Å². The fourth-order valence-corrected chi connectivity index (χ4v) is 5.59. The fraction of sp³-hybridized carbons (Fsp3) is 0.524. The van der Waals surface area contributed by atoms with Gasteiger partial charge in [-0.05, 0) is 55.5 Å². The molecule has 2 fully saturated rings. The number of hydrogen-bond acceptors (Lipinski definition) is 8. The van der Waals surface area contributed by atoms with Gasteiger partial charge in [0.15, 0.2) is 0 Å². The third-order valence-corrected chi connectivity index (χ3v) is 7.55. The number of nitrogens with one attached hydrogen (secondary N) is 3. The molecule has 2 aliphatic rings. The number of rotatable bonds is 7. The van der Waals surface area contributed by atoms with E-state index in [0.717, 1.165) is 37.1 Å². The first-order valence-corrected chi connectivity index (χ1v) is 12.3. The Labute approximate surface area is 183 Å². The number of hydrazine groups is 1. The molecule has 1 saturated heterocycles. The lowest BCUT2D eigenvalue weighted by Gasteiger charge is -2.37. The van der Waals surface area contributed by atoms with Crippen molar-refractivity contribution in [2.24, 2.45) is 17.6 Å². The lowest BCUT2D eigenvalue weighted by atomic mass is 9.77. The molecule has 168 valence electrons. The van der Waals surface area contributed by atoms with Crippen molar-refractivity contribution in [2.45, 2.75) is 56.2 Å². The number of anilines is 1. The average molecular weight is 447 g/mol. The number of aryl methyl sites for hydroxylation is 1. The molecule has 10 heteroatoms. The van der Waals surface area contributed by atoms with Crippen LogP contribution in [0.3, 0.4) is 0 Å². The molecule has 1 aromatic heterocycles. The van der Waals surface area contributed by atoms with Crippen LogP contribution in [-0.4, -0.2) is 37.2 Å². The minimum Gasteiger partial charge on any atom is -0.490 e. The Morgan fingerprint density at radius 2 is 2.06 bits per heavy atom. The normalized spacial score (nSPS) is 26.5. The molecule has 4 rings (SSSR count). The molecule has 2 unspecified atom stereocenters. The number of sulfonamides is 1. The summed E-state index contributed by atoms with van der Waals surface area (Å²) in [6.45, 7) is 2.83. The molecule has 5 N–H and O–H groups in total. The predicted molar refractivity (Wildman–Crippen MR) is 118 cm³/mol. The molecule has 2 heterocycles. The summed E-state index contributed by atoms with van der Waals surface area (Å²) in [6.07, 6.45) is 7.81. The van der Waals surface area contributed by atoms with E-state index in [1.807, 2.05) is 6.92 Å². The van der Waals surface area contributed by atoms with Gasteiger partial charge >= 0.3 is 0 Å². The minimum absolute atomic E-state index is 0.0680. The maximum absolute atomic E-state index is 12.8. The summed E-state index contributed by atoms with van der Waals surface area (Å²) in [5.74, 6) is 1.65. The summed E-state index contributed by atoms with van der Waals surface area (Å²) in [6, 6.07) is 6.54. The van der Waals surface area contributed by atoms with Crippen molar-refractivity contribution in [3.63, 3.8) is 0 Å². The largest absolute Gasteiger partial charge is 0.490 e. The Kier molecular flexibility index (Phi) is 6.71. The van der Waals surface area contributed by atoms with Gasteiger partial charge in [0.2, 0.25) is 0 Å². The summed E-state index contributed by atoms with van der Waals surface area (Å²) < 4.78 is 34.6. The quantitative estimate of drug-likeness (QED) is 0.506. The first kappa shape index (κ1) is 21.9. The third-order valence-electron chi connectivity index (χ3n) is 6.19. The Balaban J connectivity index is 1.54. The average Bonchev–Trinajstić information content (AvgIpc) is 3.20. The molecule has 2 aromatic rings. The van der Waals surface area contributed by atoms with Gasteiger partial charge in [-0.2, -0.15) is 0 Å². The Bertz CT molecular complexity index is 988. The first-order valence-electron chi connectivity index (χ1n) is 10.8. The van der Waals surface area contributed by atoms with Crippen molar-refractivity contribution in [3.05, 3.63) is 42.4 Å². The van der Waals surface area contributed by atoms with Crippen LogP contribution in [0.25, 0.3) is 0 Å². The highest BCUT2D eigenvalue weighted by atomic mass is 32.2. The maximum atomic E-state index is 12.8. The van der Waals surface area contributed by atoms with Gasteiger partial charge < -0.3 is 10.5 Å². The fourth-order valence-electron chi connectivity index (χ4n) is 4.53. The summed E-state index contributed by atoms with van der Waals surface area (Å²) in [7, 11) is -3.76. The van der Waals surface area contributed by atoms with E-state index in [4.69, 9.17) is 10.5 Å². The van der Waals surface area contributed by atoms with Gasteiger partial charge in [-0.15, -0.1) is 0 Å². The molecule has 1 aliphatic heterocycles. The molecule has 31 heavy (non-hydrogen) atoms. The highest BCUT2D eigenvalue weighted by molar-refractivity contribution is 7.92. The molecule has 0 spiro atoms. The Morgan fingerprint density at radius 1 is 1.23 bits per heavy atom. The van der Waals surface area contributed by atoms with Crippen molar-refractivity contribution >= 4 is 15.8 Å². The van der Waals surface area contributed by atoms with E-state index >= 15 is 0 Å². The second-order valence-corrected chi connectivity index (χ2v) is 9.83. The second-order valence-electron chi connectivity index (χ2n) is 8.14. The van der Waals surface area contributed by atoms with E-state index in [9.17, 15) is 8.42 Å². The maximum Gasteiger partial charge on any atom is 0.263 e. The van der Waals surface area contributed by atoms with Crippen LogP contribution in [0.2, 0.25) is 0 Å². The van der Waals surface area contributed by atoms with Crippen LogP contribution in [0.15, 0.2) is 41.7 Å². The van der Waals surface area contributed by atoms with E-state index < -0.39 is 10.0 Å². The topological polar surface area (TPSA) is 131 Å². The molecule has 0 amide bonds. The molecule has 1 saturated carbocycles. The monoisotopic (exact) mass is 446 g/mol. The van der Waals surface area contributed by atoms with Crippen LogP contribution in [0.4, 0.5) is 5.82 Å². The van der Waals surface area contributed by atoms with Gasteiger partial charge in [-0.1, -0.05) is 13.3 Å². The number of ether oxygens (including phenoxy) is 1. The molecule has 1 aliphatic carbocycles. The minimum atomic E-state index is -3.76. The van der Waals surface area contributed by atoms with Crippen LogP contribution in [0.1, 0.15) is 38.2 Å². The number of aromatic nitrogens is 2. The molecular weight excluding hydrogens is 416 g/mol. The zero-order chi connectivity index (χ0) is 21.8. The predicted octanol–water partition coefficient (Wildman–Crippen LogP) is 1.79. The van der Waals surface area contributed by atoms with Crippen LogP contribution in [0.5, 0.6) is 5.75 Å². The number of nitrogens with two attached hydrogens (primary N) is 1. The van der Waals surface area contributed by atoms with Gasteiger partial charge in [0, 0.05) is 24.6 Å². The SMILES string of the molecule is CCc1cc(S(=O)(=O)Nc2ccncn2)ccc1O[C@H]1CCCC[C@@H]1C1CNNC1N. The Morgan fingerprint density at radius 3 is 2.77 bits per heavy atom. The van der Waals surface area contributed by atoms with Crippen LogP contribution < -0.4 is 26.0 Å². The van der Waals surface area contributed by atoms with Crippen molar-refractivity contribution in [1.82, 2.24) is 20.8 Å². The zero-order valence-electron chi connectivity index (χ0n) is 17.6.